The topological polar surface area (TPSA) is 75.3 Å². The number of benzene rings is 1. The maximum Gasteiger partial charge on any atom is 0.274 e. The smallest absolute Gasteiger partial charge is 0.274 e. The molecular formula is C18H15F2N3O3S. The van der Waals surface area contributed by atoms with Crippen LogP contribution in [0.15, 0.2) is 35.3 Å². The second-order valence-electron chi connectivity index (χ2n) is 6.27. The van der Waals surface area contributed by atoms with Crippen LogP contribution in [0, 0.1) is 11.6 Å². The molecular weight excluding hydrogens is 376 g/mol. The molecule has 1 aliphatic heterocycles. The van der Waals surface area contributed by atoms with Gasteiger partial charge < -0.3 is 14.6 Å². The summed E-state index contributed by atoms with van der Waals surface area (Å²) in [6.07, 6.45) is 2.45. The van der Waals surface area contributed by atoms with Crippen LogP contribution >= 0.6 is 11.3 Å². The summed E-state index contributed by atoms with van der Waals surface area (Å²) in [6, 6.07) is 4.85. The molecule has 9 heteroatoms. The molecule has 0 bridgehead atoms. The van der Waals surface area contributed by atoms with Crippen molar-refractivity contribution in [2.75, 3.05) is 13.1 Å². The first-order valence-corrected chi connectivity index (χ1v) is 9.21. The summed E-state index contributed by atoms with van der Waals surface area (Å²) in [6.45, 7) is 0.993. The van der Waals surface area contributed by atoms with Crippen LogP contribution in [0.2, 0.25) is 0 Å². The largest absolute Gasteiger partial charge is 0.467 e. The van der Waals surface area contributed by atoms with Crippen molar-refractivity contribution in [3.63, 3.8) is 0 Å². The summed E-state index contributed by atoms with van der Waals surface area (Å²) in [5.41, 5.74) is 0.269. The summed E-state index contributed by atoms with van der Waals surface area (Å²) in [7, 11) is 0. The number of pyridine rings is 1. The van der Waals surface area contributed by atoms with Gasteiger partial charge in [-0.2, -0.15) is 4.98 Å². The Kier molecular flexibility index (Phi) is 4.61. The van der Waals surface area contributed by atoms with Gasteiger partial charge >= 0.3 is 0 Å². The molecule has 1 N–H and O–H groups in total. The van der Waals surface area contributed by atoms with Gasteiger partial charge in [0, 0.05) is 44.3 Å². The maximum atomic E-state index is 13.7. The maximum absolute atomic E-state index is 13.7. The Morgan fingerprint density at radius 1 is 1.26 bits per heavy atom. The molecule has 140 valence electrons. The molecule has 2 aromatic heterocycles. The summed E-state index contributed by atoms with van der Waals surface area (Å²) in [4.78, 5) is 31.8. The first kappa shape index (κ1) is 17.6. The van der Waals surface area contributed by atoms with E-state index in [0.717, 1.165) is 17.4 Å². The van der Waals surface area contributed by atoms with E-state index in [1.54, 1.807) is 4.90 Å². The van der Waals surface area contributed by atoms with Crippen molar-refractivity contribution in [2.24, 2.45) is 0 Å². The molecule has 0 unspecified atom stereocenters. The van der Waals surface area contributed by atoms with E-state index in [-0.39, 0.29) is 23.1 Å². The number of H-pyrrole nitrogens is 1. The van der Waals surface area contributed by atoms with Crippen LogP contribution in [0.3, 0.4) is 0 Å². The minimum absolute atomic E-state index is 0.0992. The van der Waals surface area contributed by atoms with Gasteiger partial charge in [0.1, 0.15) is 17.4 Å². The average molecular weight is 391 g/mol. The van der Waals surface area contributed by atoms with E-state index in [4.69, 9.17) is 4.74 Å². The fourth-order valence-corrected chi connectivity index (χ4v) is 3.95. The number of amides is 1. The van der Waals surface area contributed by atoms with Gasteiger partial charge in [-0.15, -0.1) is 0 Å². The van der Waals surface area contributed by atoms with Crippen molar-refractivity contribution in [3.8, 4) is 5.19 Å². The number of nitrogens with one attached hydrogen (secondary N) is 1. The van der Waals surface area contributed by atoms with Crippen LogP contribution in [0.25, 0.3) is 10.2 Å². The molecule has 0 aliphatic carbocycles. The third-order valence-electron chi connectivity index (χ3n) is 4.42. The Labute approximate surface area is 156 Å². The number of likely N-dealkylation sites (tertiary alicyclic amines) is 1. The molecule has 1 fully saturated rings. The SMILES string of the molecule is O=C(c1ccc(=O)[nH]c1)N1CCC(Oc2nc3c(F)cc(F)cc3s2)CC1. The number of halogens is 2. The lowest BCUT2D eigenvalue weighted by molar-refractivity contribution is 0.0595. The molecule has 1 saturated heterocycles. The van der Waals surface area contributed by atoms with E-state index in [1.165, 1.54) is 24.4 Å². The van der Waals surface area contributed by atoms with Crippen molar-refractivity contribution in [1.29, 1.82) is 0 Å². The van der Waals surface area contributed by atoms with Crippen molar-refractivity contribution >= 4 is 27.5 Å². The summed E-state index contributed by atoms with van der Waals surface area (Å²) in [5.74, 6) is -1.51. The highest BCUT2D eigenvalue weighted by Crippen LogP contribution is 2.32. The zero-order valence-electron chi connectivity index (χ0n) is 14.1. The molecule has 3 heterocycles. The number of hydrogen-bond donors (Lipinski definition) is 1. The first-order valence-electron chi connectivity index (χ1n) is 8.40. The normalized spacial score (nSPS) is 15.3. The van der Waals surface area contributed by atoms with Gasteiger partial charge in [0.05, 0.1) is 10.3 Å². The number of fused-ring (bicyclic) bond motifs is 1. The standard InChI is InChI=1S/C18H15F2N3O3S/c19-11-7-13(20)16-14(8-11)27-18(22-16)26-12-3-5-23(6-4-12)17(25)10-1-2-15(24)21-9-10/h1-2,7-9,12H,3-6H2,(H,21,24). The molecule has 0 atom stereocenters. The highest BCUT2D eigenvalue weighted by Gasteiger charge is 2.25. The van der Waals surface area contributed by atoms with Crippen LogP contribution in [-0.2, 0) is 0 Å². The minimum Gasteiger partial charge on any atom is -0.467 e. The third-order valence-corrected chi connectivity index (χ3v) is 5.31. The number of aromatic nitrogens is 2. The van der Waals surface area contributed by atoms with Gasteiger partial charge in [0.15, 0.2) is 5.82 Å². The second-order valence-corrected chi connectivity index (χ2v) is 7.26. The molecule has 4 rings (SSSR count). The fraction of sp³-hybridized carbons (Fsp3) is 0.278. The average Bonchev–Trinajstić information content (AvgIpc) is 3.05. The monoisotopic (exact) mass is 391 g/mol. The van der Waals surface area contributed by atoms with E-state index < -0.39 is 11.6 Å². The lowest BCUT2D eigenvalue weighted by atomic mass is 10.1. The number of thiazole rings is 1. The molecule has 0 radical (unpaired) electrons. The predicted molar refractivity (Wildman–Crippen MR) is 96.2 cm³/mol. The molecule has 1 aliphatic rings. The number of hydrogen-bond acceptors (Lipinski definition) is 5. The zero-order chi connectivity index (χ0) is 19.0. The Balaban J connectivity index is 1.39. The number of carbonyl (C=O) groups is 1. The fourth-order valence-electron chi connectivity index (χ4n) is 3.03. The quantitative estimate of drug-likeness (QED) is 0.745. The van der Waals surface area contributed by atoms with E-state index in [0.29, 0.717) is 41.4 Å². The molecule has 1 amide bonds. The number of ether oxygens (including phenoxy) is 1. The molecule has 1 aromatic carbocycles. The van der Waals surface area contributed by atoms with Crippen LogP contribution in [-0.4, -0.2) is 40.0 Å². The van der Waals surface area contributed by atoms with Crippen LogP contribution in [0.1, 0.15) is 23.2 Å². The van der Waals surface area contributed by atoms with Gasteiger partial charge in [-0.25, -0.2) is 8.78 Å². The van der Waals surface area contributed by atoms with Crippen molar-refractivity contribution in [3.05, 3.63) is 58.0 Å². The Morgan fingerprint density at radius 3 is 2.74 bits per heavy atom. The van der Waals surface area contributed by atoms with Gasteiger partial charge in [-0.1, -0.05) is 11.3 Å². The molecule has 27 heavy (non-hydrogen) atoms. The van der Waals surface area contributed by atoms with Crippen molar-refractivity contribution < 1.29 is 18.3 Å². The molecule has 6 nitrogen and oxygen atoms in total. The van der Waals surface area contributed by atoms with Crippen molar-refractivity contribution in [1.82, 2.24) is 14.9 Å². The highest BCUT2D eigenvalue weighted by molar-refractivity contribution is 7.20. The van der Waals surface area contributed by atoms with Crippen LogP contribution < -0.4 is 10.3 Å². The molecule has 0 saturated carbocycles. The van der Waals surface area contributed by atoms with E-state index >= 15 is 0 Å². The Hall–Kier alpha value is -2.81. The van der Waals surface area contributed by atoms with E-state index in [9.17, 15) is 18.4 Å². The van der Waals surface area contributed by atoms with E-state index in [1.807, 2.05) is 0 Å². The van der Waals surface area contributed by atoms with Gasteiger partial charge in [0.25, 0.3) is 11.1 Å². The molecule has 3 aromatic rings. The summed E-state index contributed by atoms with van der Waals surface area (Å²) < 4.78 is 33.2. The van der Waals surface area contributed by atoms with Crippen LogP contribution in [0.4, 0.5) is 8.78 Å². The minimum atomic E-state index is -0.711. The van der Waals surface area contributed by atoms with Gasteiger partial charge in [-0.05, 0) is 12.1 Å². The van der Waals surface area contributed by atoms with E-state index in [2.05, 4.69) is 9.97 Å². The first-order chi connectivity index (χ1) is 13.0. The lowest BCUT2D eigenvalue weighted by Gasteiger charge is -2.31. The zero-order valence-corrected chi connectivity index (χ0v) is 14.9. The highest BCUT2D eigenvalue weighted by atomic mass is 32.1. The third kappa shape index (κ3) is 3.68. The number of rotatable bonds is 3. The van der Waals surface area contributed by atoms with Gasteiger partial charge in [-0.3, -0.25) is 9.59 Å². The second kappa shape index (κ2) is 7.07. The number of carbonyl (C=O) groups excluding carboxylic acids is 1. The van der Waals surface area contributed by atoms with Crippen molar-refractivity contribution in [2.45, 2.75) is 18.9 Å². The Bertz CT molecular complexity index is 1040. The lowest BCUT2D eigenvalue weighted by Crippen LogP contribution is -2.41. The number of piperidine rings is 1. The summed E-state index contributed by atoms with van der Waals surface area (Å²) >= 11 is 1.10. The Morgan fingerprint density at radius 2 is 2.04 bits per heavy atom. The molecule has 0 spiro atoms. The summed E-state index contributed by atoms with van der Waals surface area (Å²) in [5, 5.41) is 0.292. The van der Waals surface area contributed by atoms with Gasteiger partial charge in [0.2, 0.25) is 5.56 Å². The number of aromatic amines is 1. The predicted octanol–water partition coefficient (Wildman–Crippen LogP) is 2.95. The van der Waals surface area contributed by atoms with Crippen LogP contribution in [0.5, 0.6) is 5.19 Å². The number of nitrogens with zero attached hydrogens (tertiary/aromatic N) is 2.